The second-order valence-electron chi connectivity index (χ2n) is 6.53. The highest BCUT2D eigenvalue weighted by Crippen LogP contribution is 2.58. The van der Waals surface area contributed by atoms with E-state index in [0.717, 1.165) is 0 Å². The number of likely N-dealkylation sites (N-methyl/N-ethyl adjacent to an activating group) is 1. The molecular weight excluding hydrogens is 300 g/mol. The Labute approximate surface area is 133 Å². The minimum absolute atomic E-state index is 0.0440. The summed E-state index contributed by atoms with van der Waals surface area (Å²) in [5, 5.41) is 11.9. The highest BCUT2D eigenvalue weighted by Gasteiger charge is 2.65. The van der Waals surface area contributed by atoms with Crippen LogP contribution in [0.1, 0.15) is 13.8 Å². The van der Waals surface area contributed by atoms with E-state index < -0.39 is 23.2 Å². The number of carboxylic acid groups (broad SMARTS) is 1. The van der Waals surface area contributed by atoms with Gasteiger partial charge in [0.15, 0.2) is 6.61 Å². The number of carbonyl (C=O) groups is 3. The maximum absolute atomic E-state index is 12.3. The van der Waals surface area contributed by atoms with E-state index >= 15 is 0 Å². The van der Waals surface area contributed by atoms with Crippen LogP contribution in [0.5, 0.6) is 5.75 Å². The number of aliphatic carboxylic acids is 1. The smallest absolute Gasteiger partial charge is 0.307 e. The van der Waals surface area contributed by atoms with Crippen LogP contribution in [0.4, 0.5) is 11.4 Å². The van der Waals surface area contributed by atoms with Crippen molar-refractivity contribution in [2.45, 2.75) is 13.8 Å². The Bertz CT molecular complexity index is 712. The molecule has 1 saturated carbocycles. The number of anilines is 2. The highest BCUT2D eigenvalue weighted by molar-refractivity contribution is 6.01. The maximum atomic E-state index is 12.3. The van der Waals surface area contributed by atoms with Crippen molar-refractivity contribution in [1.29, 1.82) is 0 Å². The Morgan fingerprint density at radius 2 is 2.04 bits per heavy atom. The van der Waals surface area contributed by atoms with Crippen molar-refractivity contribution in [1.82, 2.24) is 0 Å². The lowest BCUT2D eigenvalue weighted by molar-refractivity contribution is -0.140. The largest absolute Gasteiger partial charge is 0.481 e. The summed E-state index contributed by atoms with van der Waals surface area (Å²) in [7, 11) is 1.66. The minimum atomic E-state index is -0.955. The monoisotopic (exact) mass is 318 g/mol. The van der Waals surface area contributed by atoms with Crippen LogP contribution in [-0.2, 0) is 14.4 Å². The number of hydrogen-bond donors (Lipinski definition) is 2. The van der Waals surface area contributed by atoms with Crippen LogP contribution >= 0.6 is 0 Å². The molecule has 2 amide bonds. The number of nitrogens with zero attached hydrogens (tertiary/aromatic N) is 1. The topological polar surface area (TPSA) is 95.9 Å². The molecule has 3 rings (SSSR count). The molecule has 23 heavy (non-hydrogen) atoms. The molecule has 1 aliphatic heterocycles. The third kappa shape index (κ3) is 2.42. The fourth-order valence-corrected chi connectivity index (χ4v) is 3.16. The Morgan fingerprint density at radius 3 is 2.65 bits per heavy atom. The molecule has 1 aromatic rings. The first-order valence-corrected chi connectivity index (χ1v) is 7.30. The van der Waals surface area contributed by atoms with Crippen molar-refractivity contribution in [3.05, 3.63) is 18.2 Å². The molecule has 0 aromatic heterocycles. The fourth-order valence-electron chi connectivity index (χ4n) is 3.16. The summed E-state index contributed by atoms with van der Waals surface area (Å²) in [5.41, 5.74) is 0.602. The van der Waals surface area contributed by atoms with Gasteiger partial charge in [0, 0.05) is 18.8 Å². The van der Waals surface area contributed by atoms with Crippen molar-refractivity contribution in [2.75, 3.05) is 23.9 Å². The van der Waals surface area contributed by atoms with E-state index in [4.69, 9.17) is 9.84 Å². The second-order valence-corrected chi connectivity index (χ2v) is 6.53. The van der Waals surface area contributed by atoms with Crippen LogP contribution in [0.15, 0.2) is 18.2 Å². The number of fused-ring (bicyclic) bond motifs is 1. The van der Waals surface area contributed by atoms with E-state index in [2.05, 4.69) is 5.32 Å². The second kappa shape index (κ2) is 4.97. The van der Waals surface area contributed by atoms with Gasteiger partial charge >= 0.3 is 5.97 Å². The zero-order valence-electron chi connectivity index (χ0n) is 13.1. The first-order chi connectivity index (χ1) is 10.7. The maximum Gasteiger partial charge on any atom is 0.307 e. The van der Waals surface area contributed by atoms with Gasteiger partial charge in [-0.1, -0.05) is 13.8 Å². The van der Waals surface area contributed by atoms with Gasteiger partial charge < -0.3 is 20.1 Å². The van der Waals surface area contributed by atoms with Crippen molar-refractivity contribution >= 4 is 29.2 Å². The summed E-state index contributed by atoms with van der Waals surface area (Å²) in [6.45, 7) is 3.50. The quantitative estimate of drug-likeness (QED) is 0.876. The molecule has 0 bridgehead atoms. The van der Waals surface area contributed by atoms with Gasteiger partial charge in [-0.25, -0.2) is 0 Å². The van der Waals surface area contributed by atoms with Gasteiger partial charge in [-0.05, 0) is 17.5 Å². The average molecular weight is 318 g/mol. The van der Waals surface area contributed by atoms with Gasteiger partial charge in [0.25, 0.3) is 5.91 Å². The lowest BCUT2D eigenvalue weighted by atomic mass is 10.1. The molecule has 7 heteroatoms. The Hall–Kier alpha value is -2.57. The zero-order chi connectivity index (χ0) is 16.9. The van der Waals surface area contributed by atoms with Gasteiger partial charge in [0.05, 0.1) is 17.5 Å². The summed E-state index contributed by atoms with van der Waals surface area (Å²) < 4.78 is 5.37. The number of hydrogen-bond acceptors (Lipinski definition) is 4. The van der Waals surface area contributed by atoms with Gasteiger partial charge in [0.1, 0.15) is 5.75 Å². The third-order valence-corrected chi connectivity index (χ3v) is 4.69. The number of carbonyl (C=O) groups excluding carboxylic acids is 2. The predicted molar refractivity (Wildman–Crippen MR) is 82.4 cm³/mol. The molecule has 1 aromatic carbocycles. The van der Waals surface area contributed by atoms with E-state index in [0.29, 0.717) is 17.1 Å². The molecule has 2 N–H and O–H groups in total. The van der Waals surface area contributed by atoms with Crippen LogP contribution in [0.2, 0.25) is 0 Å². The molecule has 1 fully saturated rings. The molecular formula is C16H18N2O5. The Balaban J connectivity index is 1.76. The standard InChI is InChI=1S/C16H18N2O5/c1-16(2)12(13(16)15(21)22)14(20)17-8-4-5-9-10(6-8)23-7-11(19)18(9)3/h4-6,12-13H,7H2,1-3H3,(H,17,20)(H,21,22)/t12-,13+/m1/s1. The first kappa shape index (κ1) is 15.3. The molecule has 2 aliphatic rings. The van der Waals surface area contributed by atoms with Crippen LogP contribution in [0, 0.1) is 17.3 Å². The third-order valence-electron chi connectivity index (χ3n) is 4.69. The molecule has 1 aliphatic carbocycles. The molecule has 7 nitrogen and oxygen atoms in total. The fraction of sp³-hybridized carbons (Fsp3) is 0.438. The molecule has 1 heterocycles. The molecule has 122 valence electrons. The number of ether oxygens (including phenoxy) is 1. The van der Waals surface area contributed by atoms with Crippen molar-refractivity contribution < 1.29 is 24.2 Å². The van der Waals surface area contributed by atoms with E-state index in [1.165, 1.54) is 4.90 Å². The van der Waals surface area contributed by atoms with E-state index in [1.54, 1.807) is 39.1 Å². The molecule has 0 spiro atoms. The van der Waals surface area contributed by atoms with Crippen molar-refractivity contribution in [2.24, 2.45) is 17.3 Å². The zero-order valence-corrected chi connectivity index (χ0v) is 13.1. The highest BCUT2D eigenvalue weighted by atomic mass is 16.5. The summed E-state index contributed by atoms with van der Waals surface area (Å²) in [4.78, 5) is 36.5. The number of amides is 2. The Kier molecular flexibility index (Phi) is 3.31. The average Bonchev–Trinajstić information content (AvgIpc) is 3.06. The summed E-state index contributed by atoms with van der Waals surface area (Å²) >= 11 is 0. The van der Waals surface area contributed by atoms with Crippen molar-refractivity contribution in [3.8, 4) is 5.75 Å². The van der Waals surface area contributed by atoms with Crippen LogP contribution in [-0.4, -0.2) is 36.5 Å². The summed E-state index contributed by atoms with van der Waals surface area (Å²) in [5.74, 6) is -2.12. The van der Waals surface area contributed by atoms with E-state index in [9.17, 15) is 14.4 Å². The first-order valence-electron chi connectivity index (χ1n) is 7.30. The number of nitrogens with one attached hydrogen (secondary N) is 1. The summed E-state index contributed by atoms with van der Waals surface area (Å²) in [6.07, 6.45) is 0. The molecule has 0 radical (unpaired) electrons. The van der Waals surface area contributed by atoms with Gasteiger partial charge in [-0.15, -0.1) is 0 Å². The van der Waals surface area contributed by atoms with Gasteiger partial charge in [-0.3, -0.25) is 14.4 Å². The lowest BCUT2D eigenvalue weighted by Crippen LogP contribution is -2.35. The van der Waals surface area contributed by atoms with Crippen LogP contribution in [0.3, 0.4) is 0 Å². The van der Waals surface area contributed by atoms with Crippen LogP contribution < -0.4 is 15.0 Å². The number of rotatable bonds is 3. The summed E-state index contributed by atoms with van der Waals surface area (Å²) in [6, 6.07) is 5.00. The normalized spacial score (nSPS) is 24.5. The molecule has 0 unspecified atom stereocenters. The molecule has 0 saturated heterocycles. The van der Waals surface area contributed by atoms with Gasteiger partial charge in [0.2, 0.25) is 5.91 Å². The number of benzene rings is 1. The van der Waals surface area contributed by atoms with E-state index in [1.807, 2.05) is 0 Å². The SMILES string of the molecule is CN1C(=O)COc2cc(NC(=O)[C@H]3[C@@H](C(=O)O)C3(C)C)ccc21. The molecule has 2 atom stereocenters. The predicted octanol–water partition coefficient (Wildman–Crippen LogP) is 1.34. The van der Waals surface area contributed by atoms with E-state index in [-0.39, 0.29) is 18.4 Å². The van der Waals surface area contributed by atoms with Crippen molar-refractivity contribution in [3.63, 3.8) is 0 Å². The Morgan fingerprint density at radius 1 is 1.35 bits per heavy atom. The number of carboxylic acids is 1. The van der Waals surface area contributed by atoms with Crippen LogP contribution in [0.25, 0.3) is 0 Å². The minimum Gasteiger partial charge on any atom is -0.481 e. The lowest BCUT2D eigenvalue weighted by Gasteiger charge is -2.26. The van der Waals surface area contributed by atoms with Gasteiger partial charge in [-0.2, -0.15) is 0 Å².